The quantitative estimate of drug-likeness (QED) is 0.337. The lowest BCUT2D eigenvalue weighted by molar-refractivity contribution is 0.319. The topological polar surface area (TPSA) is 32.6 Å². The molecule has 2 nitrogen and oxygen atoms in total. The Kier molecular flexibility index (Phi) is 2.10. The second-order valence-corrected chi connectivity index (χ2v) is 2.80. The van der Waals surface area contributed by atoms with Crippen LogP contribution in [0.3, 0.4) is 0 Å². The molecule has 0 unspecified atom stereocenters. The molecule has 0 aliphatic heterocycles. The highest BCUT2D eigenvalue weighted by atomic mass is 16.4. The molecule has 0 aromatic heterocycles. The lowest BCUT2D eigenvalue weighted by atomic mass is 10.1. The van der Waals surface area contributed by atoms with Gasteiger partial charge in [-0.1, -0.05) is 10.7 Å². The fourth-order valence-corrected chi connectivity index (χ4v) is 1.44. The van der Waals surface area contributed by atoms with Crippen molar-refractivity contribution in [2.45, 2.75) is 33.1 Å². The number of oxime groups is 1. The standard InChI is InChI=1S/C8H13NO/c1-6-4-3-5-8(6)7(2)9-10/h10H,3-5H2,1-2H3. The zero-order valence-electron chi connectivity index (χ0n) is 6.52. The molecule has 0 atom stereocenters. The van der Waals surface area contributed by atoms with Crippen molar-refractivity contribution in [3.8, 4) is 0 Å². The molecule has 1 rings (SSSR count). The van der Waals surface area contributed by atoms with Crippen molar-refractivity contribution in [1.29, 1.82) is 0 Å². The maximum atomic E-state index is 8.47. The molecule has 0 heterocycles. The number of nitrogens with zero attached hydrogens (tertiary/aromatic N) is 1. The van der Waals surface area contributed by atoms with Gasteiger partial charge < -0.3 is 5.21 Å². The molecule has 0 saturated carbocycles. The molecule has 0 fully saturated rings. The molecule has 1 aliphatic carbocycles. The molecule has 1 aliphatic rings. The van der Waals surface area contributed by atoms with Gasteiger partial charge in [0.05, 0.1) is 5.71 Å². The Hall–Kier alpha value is -0.790. The minimum Gasteiger partial charge on any atom is -0.411 e. The molecule has 2 heteroatoms. The zero-order valence-corrected chi connectivity index (χ0v) is 6.52. The van der Waals surface area contributed by atoms with Crippen molar-refractivity contribution in [2.24, 2.45) is 5.16 Å². The van der Waals surface area contributed by atoms with Gasteiger partial charge in [-0.25, -0.2) is 0 Å². The Labute approximate surface area is 61.2 Å². The van der Waals surface area contributed by atoms with Crippen LogP contribution >= 0.6 is 0 Å². The van der Waals surface area contributed by atoms with E-state index >= 15 is 0 Å². The molecule has 0 bridgehead atoms. The van der Waals surface area contributed by atoms with Gasteiger partial charge in [-0.15, -0.1) is 0 Å². The first kappa shape index (κ1) is 7.32. The van der Waals surface area contributed by atoms with Gasteiger partial charge in [0.1, 0.15) is 0 Å². The summed E-state index contributed by atoms with van der Waals surface area (Å²) in [5.41, 5.74) is 3.42. The summed E-state index contributed by atoms with van der Waals surface area (Å²) in [5, 5.41) is 11.6. The molecular weight excluding hydrogens is 126 g/mol. The average Bonchev–Trinajstić information content (AvgIpc) is 2.34. The Bertz CT molecular complexity index is 191. The SMILES string of the molecule is CC(=NO)C1=C(C)CCC1. The van der Waals surface area contributed by atoms with Crippen LogP contribution < -0.4 is 0 Å². The third kappa shape index (κ3) is 1.20. The lowest BCUT2D eigenvalue weighted by Crippen LogP contribution is -1.95. The number of hydrogen-bond acceptors (Lipinski definition) is 2. The average molecular weight is 139 g/mol. The fraction of sp³-hybridized carbons (Fsp3) is 0.625. The van der Waals surface area contributed by atoms with Crippen molar-refractivity contribution in [3.63, 3.8) is 0 Å². The summed E-state index contributed by atoms with van der Waals surface area (Å²) in [7, 11) is 0. The molecule has 0 spiro atoms. The Balaban J connectivity index is 2.81. The predicted octanol–water partition coefficient (Wildman–Crippen LogP) is 2.34. The molecule has 0 saturated heterocycles. The van der Waals surface area contributed by atoms with E-state index in [1.54, 1.807) is 0 Å². The molecule has 0 aromatic carbocycles. The molecule has 0 aromatic rings. The van der Waals surface area contributed by atoms with E-state index in [4.69, 9.17) is 5.21 Å². The van der Waals surface area contributed by atoms with Crippen LogP contribution in [-0.2, 0) is 0 Å². The Morgan fingerprint density at radius 2 is 2.20 bits per heavy atom. The predicted molar refractivity (Wildman–Crippen MR) is 41.4 cm³/mol. The number of rotatable bonds is 1. The third-order valence-electron chi connectivity index (χ3n) is 2.08. The highest BCUT2D eigenvalue weighted by Crippen LogP contribution is 2.26. The van der Waals surface area contributed by atoms with Gasteiger partial charge >= 0.3 is 0 Å². The van der Waals surface area contributed by atoms with Crippen molar-refractivity contribution >= 4 is 5.71 Å². The van der Waals surface area contributed by atoms with Crippen LogP contribution in [0.5, 0.6) is 0 Å². The molecule has 56 valence electrons. The van der Waals surface area contributed by atoms with Crippen molar-refractivity contribution in [3.05, 3.63) is 11.1 Å². The maximum Gasteiger partial charge on any atom is 0.0796 e. The van der Waals surface area contributed by atoms with Gasteiger partial charge in [0.15, 0.2) is 0 Å². The van der Waals surface area contributed by atoms with Crippen molar-refractivity contribution < 1.29 is 5.21 Å². The van der Waals surface area contributed by atoms with E-state index in [-0.39, 0.29) is 0 Å². The van der Waals surface area contributed by atoms with Gasteiger partial charge in [0.25, 0.3) is 0 Å². The van der Waals surface area contributed by atoms with Gasteiger partial charge in [0.2, 0.25) is 0 Å². The van der Waals surface area contributed by atoms with Crippen LogP contribution in [-0.4, -0.2) is 10.9 Å². The van der Waals surface area contributed by atoms with Crippen LogP contribution in [0, 0.1) is 0 Å². The van der Waals surface area contributed by atoms with Gasteiger partial charge in [0, 0.05) is 0 Å². The highest BCUT2D eigenvalue weighted by molar-refractivity contribution is 5.98. The van der Waals surface area contributed by atoms with Gasteiger partial charge in [-0.05, 0) is 38.7 Å². The minimum absolute atomic E-state index is 0.787. The fourth-order valence-electron chi connectivity index (χ4n) is 1.44. The summed E-state index contributed by atoms with van der Waals surface area (Å²) in [5.74, 6) is 0. The van der Waals surface area contributed by atoms with E-state index in [9.17, 15) is 0 Å². The smallest absolute Gasteiger partial charge is 0.0796 e. The highest BCUT2D eigenvalue weighted by Gasteiger charge is 2.12. The molecular formula is C8H13NO. The van der Waals surface area contributed by atoms with E-state index in [0.717, 1.165) is 12.1 Å². The second-order valence-electron chi connectivity index (χ2n) is 2.80. The summed E-state index contributed by atoms with van der Waals surface area (Å²) < 4.78 is 0. The van der Waals surface area contributed by atoms with Crippen LogP contribution in [0.15, 0.2) is 16.3 Å². The largest absolute Gasteiger partial charge is 0.411 e. The van der Waals surface area contributed by atoms with Gasteiger partial charge in [-0.3, -0.25) is 0 Å². The van der Waals surface area contributed by atoms with Crippen molar-refractivity contribution in [1.82, 2.24) is 0 Å². The first-order valence-corrected chi connectivity index (χ1v) is 3.63. The first-order valence-electron chi connectivity index (χ1n) is 3.63. The zero-order chi connectivity index (χ0) is 7.56. The molecule has 0 amide bonds. The first-order chi connectivity index (χ1) is 4.75. The van der Waals surface area contributed by atoms with Crippen LogP contribution in [0.4, 0.5) is 0 Å². The van der Waals surface area contributed by atoms with E-state index in [1.807, 2.05) is 6.92 Å². The summed E-state index contributed by atoms with van der Waals surface area (Å²) >= 11 is 0. The normalized spacial score (nSPS) is 20.4. The number of hydrogen-bond donors (Lipinski definition) is 1. The van der Waals surface area contributed by atoms with Crippen LogP contribution in [0.25, 0.3) is 0 Å². The maximum absolute atomic E-state index is 8.47. The van der Waals surface area contributed by atoms with Crippen LogP contribution in [0.1, 0.15) is 33.1 Å². The molecule has 10 heavy (non-hydrogen) atoms. The molecule has 0 radical (unpaired) electrons. The number of allylic oxidation sites excluding steroid dienone is 2. The van der Waals surface area contributed by atoms with Crippen molar-refractivity contribution in [2.75, 3.05) is 0 Å². The Morgan fingerprint density at radius 3 is 2.60 bits per heavy atom. The van der Waals surface area contributed by atoms with Crippen LogP contribution in [0.2, 0.25) is 0 Å². The van der Waals surface area contributed by atoms with E-state index in [1.165, 1.54) is 24.0 Å². The third-order valence-corrected chi connectivity index (χ3v) is 2.08. The summed E-state index contributed by atoms with van der Waals surface area (Å²) in [4.78, 5) is 0. The molecule has 1 N–H and O–H groups in total. The Morgan fingerprint density at radius 1 is 1.50 bits per heavy atom. The van der Waals surface area contributed by atoms with Gasteiger partial charge in [-0.2, -0.15) is 0 Å². The minimum atomic E-state index is 0.787. The van der Waals surface area contributed by atoms with E-state index < -0.39 is 0 Å². The summed E-state index contributed by atoms with van der Waals surface area (Å²) in [6.45, 7) is 3.96. The second kappa shape index (κ2) is 2.86. The monoisotopic (exact) mass is 139 g/mol. The summed E-state index contributed by atoms with van der Waals surface area (Å²) in [6.07, 6.45) is 3.47. The summed E-state index contributed by atoms with van der Waals surface area (Å²) in [6, 6.07) is 0. The van der Waals surface area contributed by atoms with E-state index in [2.05, 4.69) is 12.1 Å². The van der Waals surface area contributed by atoms with E-state index in [0.29, 0.717) is 0 Å². The lowest BCUT2D eigenvalue weighted by Gasteiger charge is -1.98.